The average molecular weight is 348 g/mol. The lowest BCUT2D eigenvalue weighted by molar-refractivity contribution is -0.120. The van der Waals surface area contributed by atoms with Crippen LogP contribution in [0.3, 0.4) is 0 Å². The molecule has 0 radical (unpaired) electrons. The van der Waals surface area contributed by atoms with Gasteiger partial charge in [-0.2, -0.15) is 5.10 Å². The number of hydrogen-bond acceptors (Lipinski definition) is 3. The standard InChI is InChI=1S/C20H20N4O2/c1-13-7-6-10-16(11-13)24-14(2)17(12-22-24)20(26)23-18(19(21)25)15-8-4-3-5-9-15/h3-12,18H,1-2H3,(H2,21,25)(H,23,26)/t18-/m1/s1. The summed E-state index contributed by atoms with van der Waals surface area (Å²) in [4.78, 5) is 24.5. The van der Waals surface area contributed by atoms with Gasteiger partial charge in [0.15, 0.2) is 0 Å². The van der Waals surface area contributed by atoms with Crippen LogP contribution in [0.5, 0.6) is 0 Å². The molecule has 0 spiro atoms. The first-order valence-corrected chi connectivity index (χ1v) is 8.24. The smallest absolute Gasteiger partial charge is 0.255 e. The fraction of sp³-hybridized carbons (Fsp3) is 0.150. The zero-order valence-electron chi connectivity index (χ0n) is 14.6. The topological polar surface area (TPSA) is 90.0 Å². The summed E-state index contributed by atoms with van der Waals surface area (Å²) in [7, 11) is 0. The van der Waals surface area contributed by atoms with Gasteiger partial charge in [-0.1, -0.05) is 42.5 Å². The highest BCUT2D eigenvalue weighted by molar-refractivity contribution is 5.98. The molecule has 0 aliphatic carbocycles. The van der Waals surface area contributed by atoms with Crippen LogP contribution in [-0.2, 0) is 4.79 Å². The maximum absolute atomic E-state index is 12.7. The van der Waals surface area contributed by atoms with E-state index in [4.69, 9.17) is 5.73 Å². The number of nitrogens with zero attached hydrogens (tertiary/aromatic N) is 2. The molecule has 6 nitrogen and oxygen atoms in total. The Balaban J connectivity index is 1.87. The van der Waals surface area contributed by atoms with Gasteiger partial charge in [-0.3, -0.25) is 9.59 Å². The molecule has 0 unspecified atom stereocenters. The van der Waals surface area contributed by atoms with E-state index in [0.717, 1.165) is 11.3 Å². The van der Waals surface area contributed by atoms with Gasteiger partial charge in [0.1, 0.15) is 6.04 Å². The average Bonchev–Trinajstić information content (AvgIpc) is 3.01. The minimum Gasteiger partial charge on any atom is -0.368 e. The molecule has 1 atom stereocenters. The van der Waals surface area contributed by atoms with E-state index in [0.29, 0.717) is 16.8 Å². The number of amides is 2. The molecule has 0 saturated carbocycles. The van der Waals surface area contributed by atoms with Gasteiger partial charge in [0.05, 0.1) is 23.1 Å². The van der Waals surface area contributed by atoms with E-state index in [1.165, 1.54) is 6.20 Å². The number of benzene rings is 2. The molecule has 6 heteroatoms. The van der Waals surface area contributed by atoms with Crippen molar-refractivity contribution in [1.29, 1.82) is 0 Å². The molecule has 1 aromatic heterocycles. The number of rotatable bonds is 5. The van der Waals surface area contributed by atoms with Crippen LogP contribution in [0.15, 0.2) is 60.8 Å². The molecule has 0 aliphatic heterocycles. The van der Waals surface area contributed by atoms with Crippen LogP contribution in [0, 0.1) is 13.8 Å². The third-order valence-corrected chi connectivity index (χ3v) is 4.19. The Hall–Kier alpha value is -3.41. The van der Waals surface area contributed by atoms with E-state index < -0.39 is 17.9 Å². The predicted octanol–water partition coefficient (Wildman–Crippen LogP) is 2.45. The zero-order valence-corrected chi connectivity index (χ0v) is 14.6. The van der Waals surface area contributed by atoms with E-state index in [1.54, 1.807) is 28.9 Å². The summed E-state index contributed by atoms with van der Waals surface area (Å²) < 4.78 is 1.70. The lowest BCUT2D eigenvalue weighted by Crippen LogP contribution is -2.37. The Morgan fingerprint density at radius 2 is 1.81 bits per heavy atom. The molecule has 0 bridgehead atoms. The minimum absolute atomic E-state index is 0.394. The van der Waals surface area contributed by atoms with Gasteiger partial charge in [-0.15, -0.1) is 0 Å². The van der Waals surface area contributed by atoms with Gasteiger partial charge in [0.25, 0.3) is 5.91 Å². The summed E-state index contributed by atoms with van der Waals surface area (Å²) in [6.07, 6.45) is 1.50. The van der Waals surface area contributed by atoms with Crippen molar-refractivity contribution in [2.45, 2.75) is 19.9 Å². The van der Waals surface area contributed by atoms with Gasteiger partial charge in [0.2, 0.25) is 5.91 Å². The number of aryl methyl sites for hydroxylation is 1. The molecule has 0 aliphatic rings. The molecule has 0 saturated heterocycles. The summed E-state index contributed by atoms with van der Waals surface area (Å²) in [5.41, 5.74) is 9.16. The molecule has 3 N–H and O–H groups in total. The van der Waals surface area contributed by atoms with Gasteiger partial charge in [-0.25, -0.2) is 4.68 Å². The fourth-order valence-corrected chi connectivity index (χ4v) is 2.83. The van der Waals surface area contributed by atoms with Gasteiger partial charge < -0.3 is 11.1 Å². The summed E-state index contributed by atoms with van der Waals surface area (Å²) >= 11 is 0. The van der Waals surface area contributed by atoms with Crippen LogP contribution in [-0.4, -0.2) is 21.6 Å². The monoisotopic (exact) mass is 348 g/mol. The Bertz CT molecular complexity index is 947. The van der Waals surface area contributed by atoms with Crippen LogP contribution in [0.25, 0.3) is 5.69 Å². The second-order valence-corrected chi connectivity index (χ2v) is 6.11. The molecule has 1 heterocycles. The Kier molecular flexibility index (Phi) is 4.84. The van der Waals surface area contributed by atoms with Gasteiger partial charge in [-0.05, 0) is 37.1 Å². The second-order valence-electron chi connectivity index (χ2n) is 6.11. The number of nitrogens with one attached hydrogen (secondary N) is 1. The van der Waals surface area contributed by atoms with E-state index in [-0.39, 0.29) is 0 Å². The highest BCUT2D eigenvalue weighted by atomic mass is 16.2. The fourth-order valence-electron chi connectivity index (χ4n) is 2.83. The molecular weight excluding hydrogens is 328 g/mol. The largest absolute Gasteiger partial charge is 0.368 e. The SMILES string of the molecule is Cc1cccc(-n2ncc(C(=O)N[C@@H](C(N)=O)c3ccccc3)c2C)c1. The van der Waals surface area contributed by atoms with E-state index in [1.807, 2.05) is 44.2 Å². The van der Waals surface area contributed by atoms with Crippen molar-refractivity contribution in [3.8, 4) is 5.69 Å². The first kappa shape index (κ1) is 17.4. The lowest BCUT2D eigenvalue weighted by Gasteiger charge is -2.15. The van der Waals surface area contributed by atoms with Crippen molar-refractivity contribution in [2.75, 3.05) is 0 Å². The number of carbonyl (C=O) groups is 2. The predicted molar refractivity (Wildman–Crippen MR) is 98.9 cm³/mol. The Morgan fingerprint density at radius 3 is 2.46 bits per heavy atom. The van der Waals surface area contributed by atoms with E-state index in [9.17, 15) is 9.59 Å². The number of aromatic nitrogens is 2. The molecule has 3 aromatic rings. The van der Waals surface area contributed by atoms with E-state index >= 15 is 0 Å². The third-order valence-electron chi connectivity index (χ3n) is 4.19. The van der Waals surface area contributed by atoms with Crippen molar-refractivity contribution < 1.29 is 9.59 Å². The van der Waals surface area contributed by atoms with Crippen molar-refractivity contribution in [3.05, 3.63) is 83.2 Å². The molecule has 26 heavy (non-hydrogen) atoms. The molecule has 2 aromatic carbocycles. The number of hydrogen-bond donors (Lipinski definition) is 2. The van der Waals surface area contributed by atoms with E-state index in [2.05, 4.69) is 10.4 Å². The van der Waals surface area contributed by atoms with Crippen LogP contribution in [0.2, 0.25) is 0 Å². The molecular formula is C20H20N4O2. The second kappa shape index (κ2) is 7.23. The lowest BCUT2D eigenvalue weighted by atomic mass is 10.1. The quantitative estimate of drug-likeness (QED) is 0.742. The first-order valence-electron chi connectivity index (χ1n) is 8.24. The number of nitrogens with two attached hydrogens (primary N) is 1. The van der Waals surface area contributed by atoms with Crippen LogP contribution >= 0.6 is 0 Å². The van der Waals surface area contributed by atoms with Crippen LogP contribution in [0.1, 0.15) is 33.2 Å². The third kappa shape index (κ3) is 3.49. The summed E-state index contributed by atoms with van der Waals surface area (Å²) in [6.45, 7) is 3.80. The molecule has 3 rings (SSSR count). The number of carbonyl (C=O) groups excluding carboxylic acids is 2. The highest BCUT2D eigenvalue weighted by Crippen LogP contribution is 2.17. The van der Waals surface area contributed by atoms with Gasteiger partial charge in [0, 0.05) is 0 Å². The molecule has 0 fully saturated rings. The van der Waals surface area contributed by atoms with Crippen molar-refractivity contribution in [1.82, 2.24) is 15.1 Å². The van der Waals surface area contributed by atoms with Gasteiger partial charge >= 0.3 is 0 Å². The summed E-state index contributed by atoms with van der Waals surface area (Å²) in [6, 6.07) is 15.8. The Labute approximate surface area is 151 Å². The molecule has 132 valence electrons. The Morgan fingerprint density at radius 1 is 1.08 bits per heavy atom. The summed E-state index contributed by atoms with van der Waals surface area (Å²) in [5.74, 6) is -1.01. The maximum atomic E-state index is 12.7. The normalized spacial score (nSPS) is 11.8. The number of primary amides is 1. The maximum Gasteiger partial charge on any atom is 0.255 e. The minimum atomic E-state index is -0.898. The van der Waals surface area contributed by atoms with Crippen molar-refractivity contribution in [3.63, 3.8) is 0 Å². The summed E-state index contributed by atoms with van der Waals surface area (Å²) in [5, 5.41) is 7.01. The first-order chi connectivity index (χ1) is 12.5. The van der Waals surface area contributed by atoms with Crippen molar-refractivity contribution >= 4 is 11.8 Å². The van der Waals surface area contributed by atoms with Crippen molar-refractivity contribution in [2.24, 2.45) is 5.73 Å². The van der Waals surface area contributed by atoms with Crippen LogP contribution < -0.4 is 11.1 Å². The molecule has 2 amide bonds. The highest BCUT2D eigenvalue weighted by Gasteiger charge is 2.23. The zero-order chi connectivity index (χ0) is 18.7. The van der Waals surface area contributed by atoms with Crippen LogP contribution in [0.4, 0.5) is 0 Å².